The highest BCUT2D eigenvalue weighted by Gasteiger charge is 2.17. The third-order valence-electron chi connectivity index (χ3n) is 1.92. The molecule has 0 saturated heterocycles. The number of alkyl halides is 2. The van der Waals surface area contributed by atoms with E-state index in [1.54, 1.807) is 22.6 Å². The molecule has 15 heavy (non-hydrogen) atoms. The summed E-state index contributed by atoms with van der Waals surface area (Å²) in [5, 5.41) is 0. The number of hydrogen-bond donors (Lipinski definition) is 0. The Morgan fingerprint density at radius 1 is 1.47 bits per heavy atom. The fourth-order valence-corrected chi connectivity index (χ4v) is 1.92. The van der Waals surface area contributed by atoms with Crippen LogP contribution in [0, 0.1) is 3.57 Å². The van der Waals surface area contributed by atoms with E-state index in [1.807, 2.05) is 0 Å². The summed E-state index contributed by atoms with van der Waals surface area (Å²) in [5.74, 6) is -0.299. The van der Waals surface area contributed by atoms with E-state index in [-0.39, 0.29) is 22.5 Å². The predicted octanol–water partition coefficient (Wildman–Crippen LogP) is 3.24. The molecule has 1 rings (SSSR count). The van der Waals surface area contributed by atoms with Gasteiger partial charge in [0.25, 0.3) is 6.43 Å². The van der Waals surface area contributed by atoms with E-state index in [1.165, 1.54) is 13.0 Å². The Bertz CT molecular complexity index is 416. The Morgan fingerprint density at radius 3 is 2.47 bits per heavy atom. The second kappa shape index (κ2) is 4.78. The van der Waals surface area contributed by atoms with Crippen LogP contribution in [0.15, 0.2) is 12.1 Å². The molecule has 0 radical (unpaired) electrons. The van der Waals surface area contributed by atoms with Crippen LogP contribution in [-0.4, -0.2) is 12.1 Å². The summed E-state index contributed by atoms with van der Waals surface area (Å²) >= 11 is 1.76. The van der Waals surface area contributed by atoms with Crippen LogP contribution in [0.4, 0.5) is 8.78 Å². The molecule has 0 aliphatic carbocycles. The lowest BCUT2D eigenvalue weighted by molar-refractivity contribution is 0.101. The number of aldehydes is 1. The zero-order valence-electron chi connectivity index (χ0n) is 7.76. The Balaban J connectivity index is 3.45. The van der Waals surface area contributed by atoms with E-state index >= 15 is 0 Å². The Hall–Kier alpha value is -0.850. The number of Topliss-reactive ketones (excluding diaryl/α,β-unsaturated/α-hetero) is 1. The Morgan fingerprint density at radius 2 is 2.07 bits per heavy atom. The lowest BCUT2D eigenvalue weighted by Crippen LogP contribution is -2.02. The van der Waals surface area contributed by atoms with E-state index < -0.39 is 6.43 Å². The van der Waals surface area contributed by atoms with Gasteiger partial charge in [-0.15, -0.1) is 0 Å². The van der Waals surface area contributed by atoms with Gasteiger partial charge in [0.2, 0.25) is 0 Å². The van der Waals surface area contributed by atoms with Gasteiger partial charge in [-0.3, -0.25) is 9.59 Å². The van der Waals surface area contributed by atoms with Gasteiger partial charge in [-0.2, -0.15) is 0 Å². The van der Waals surface area contributed by atoms with Crippen LogP contribution < -0.4 is 0 Å². The maximum atomic E-state index is 12.6. The number of carbonyl (C=O) groups excluding carboxylic acids is 2. The van der Waals surface area contributed by atoms with Crippen molar-refractivity contribution in [2.75, 3.05) is 0 Å². The summed E-state index contributed by atoms with van der Waals surface area (Å²) in [5.41, 5.74) is -0.238. The molecule has 0 saturated carbocycles. The van der Waals surface area contributed by atoms with Crippen molar-refractivity contribution in [2.24, 2.45) is 0 Å². The molecule has 0 bridgehead atoms. The van der Waals surface area contributed by atoms with Crippen LogP contribution in [0.2, 0.25) is 0 Å². The van der Waals surface area contributed by atoms with E-state index in [9.17, 15) is 18.4 Å². The minimum absolute atomic E-state index is 0.0457. The van der Waals surface area contributed by atoms with Gasteiger partial charge in [-0.25, -0.2) is 8.78 Å². The lowest BCUT2D eigenvalue weighted by atomic mass is 10.0. The van der Waals surface area contributed by atoms with E-state index in [0.29, 0.717) is 9.86 Å². The molecule has 1 aromatic rings. The van der Waals surface area contributed by atoms with E-state index in [0.717, 1.165) is 6.07 Å². The fourth-order valence-electron chi connectivity index (χ4n) is 1.15. The van der Waals surface area contributed by atoms with Crippen LogP contribution in [0.5, 0.6) is 0 Å². The largest absolute Gasteiger partial charge is 0.298 e. The maximum Gasteiger partial charge on any atom is 0.264 e. The third kappa shape index (κ3) is 2.58. The molecule has 2 nitrogen and oxygen atoms in total. The molecule has 0 aromatic heterocycles. The predicted molar refractivity (Wildman–Crippen MR) is 59.5 cm³/mol. The van der Waals surface area contributed by atoms with Gasteiger partial charge in [0.05, 0.1) is 0 Å². The first kappa shape index (κ1) is 12.2. The SMILES string of the molecule is CC(=O)c1cc(I)c(C=O)c(C(F)F)c1. The molecular formula is C10H7F2IO2. The van der Waals surface area contributed by atoms with Crippen molar-refractivity contribution in [1.29, 1.82) is 0 Å². The minimum Gasteiger partial charge on any atom is -0.298 e. The molecule has 1 aromatic carbocycles. The van der Waals surface area contributed by atoms with Crippen molar-refractivity contribution in [2.45, 2.75) is 13.3 Å². The highest BCUT2D eigenvalue weighted by molar-refractivity contribution is 14.1. The summed E-state index contributed by atoms with van der Waals surface area (Å²) in [6.45, 7) is 1.29. The van der Waals surface area contributed by atoms with Gasteiger partial charge >= 0.3 is 0 Å². The van der Waals surface area contributed by atoms with Crippen molar-refractivity contribution >= 4 is 34.7 Å². The Kier molecular flexibility index (Phi) is 3.90. The molecular weight excluding hydrogens is 317 g/mol. The molecule has 5 heteroatoms. The first-order valence-electron chi connectivity index (χ1n) is 4.05. The van der Waals surface area contributed by atoms with Gasteiger partial charge in [0, 0.05) is 20.3 Å². The number of hydrogen-bond acceptors (Lipinski definition) is 2. The first-order chi connectivity index (χ1) is 6.97. The van der Waals surface area contributed by atoms with Crippen LogP contribution in [0.1, 0.15) is 39.6 Å². The number of rotatable bonds is 3. The van der Waals surface area contributed by atoms with Crippen molar-refractivity contribution in [1.82, 2.24) is 0 Å². The molecule has 0 aliphatic rings. The first-order valence-corrected chi connectivity index (χ1v) is 5.13. The van der Waals surface area contributed by atoms with Crippen LogP contribution in [-0.2, 0) is 0 Å². The quantitative estimate of drug-likeness (QED) is 0.486. The highest BCUT2D eigenvalue weighted by atomic mass is 127. The van der Waals surface area contributed by atoms with Crippen LogP contribution in [0.25, 0.3) is 0 Å². The summed E-state index contributed by atoms with van der Waals surface area (Å²) in [4.78, 5) is 21.6. The smallest absolute Gasteiger partial charge is 0.264 e. The average molecular weight is 324 g/mol. The second-order valence-electron chi connectivity index (χ2n) is 2.94. The molecule has 0 fully saturated rings. The summed E-state index contributed by atoms with van der Waals surface area (Å²) < 4.78 is 25.5. The van der Waals surface area contributed by atoms with Crippen LogP contribution >= 0.6 is 22.6 Å². The normalized spacial score (nSPS) is 10.5. The summed E-state index contributed by atoms with van der Waals surface area (Å²) in [6.07, 6.45) is -2.37. The van der Waals surface area contributed by atoms with Gasteiger partial charge in [-0.1, -0.05) is 0 Å². The third-order valence-corrected chi connectivity index (χ3v) is 2.81. The minimum atomic E-state index is -2.75. The van der Waals surface area contributed by atoms with Crippen molar-refractivity contribution < 1.29 is 18.4 Å². The second-order valence-corrected chi connectivity index (χ2v) is 4.10. The zero-order valence-corrected chi connectivity index (χ0v) is 9.92. The van der Waals surface area contributed by atoms with E-state index in [2.05, 4.69) is 0 Å². The van der Waals surface area contributed by atoms with Gasteiger partial charge in [0.15, 0.2) is 12.1 Å². The molecule has 0 amide bonds. The molecule has 0 atom stereocenters. The highest BCUT2D eigenvalue weighted by Crippen LogP contribution is 2.27. The maximum absolute atomic E-state index is 12.6. The number of carbonyl (C=O) groups is 2. The van der Waals surface area contributed by atoms with Crippen molar-refractivity contribution in [3.63, 3.8) is 0 Å². The van der Waals surface area contributed by atoms with Gasteiger partial charge in [-0.05, 0) is 41.6 Å². The topological polar surface area (TPSA) is 34.1 Å². The monoisotopic (exact) mass is 324 g/mol. The molecule has 0 N–H and O–H groups in total. The van der Waals surface area contributed by atoms with E-state index in [4.69, 9.17) is 0 Å². The molecule has 0 aliphatic heterocycles. The molecule has 0 unspecified atom stereocenters. The van der Waals surface area contributed by atoms with Gasteiger partial charge in [0.1, 0.15) is 0 Å². The molecule has 0 spiro atoms. The summed E-state index contributed by atoms with van der Waals surface area (Å²) in [6, 6.07) is 2.50. The average Bonchev–Trinajstić information content (AvgIpc) is 2.16. The van der Waals surface area contributed by atoms with Crippen molar-refractivity contribution in [3.05, 3.63) is 32.4 Å². The number of ketones is 1. The van der Waals surface area contributed by atoms with Crippen molar-refractivity contribution in [3.8, 4) is 0 Å². The molecule has 0 heterocycles. The number of benzene rings is 1. The Labute approximate surface area is 98.8 Å². The standard InChI is InChI=1S/C10H7F2IO2/c1-5(15)6-2-7(10(11)12)8(4-14)9(13)3-6/h2-4,10H,1H3. The van der Waals surface area contributed by atoms with Crippen LogP contribution in [0.3, 0.4) is 0 Å². The lowest BCUT2D eigenvalue weighted by Gasteiger charge is -2.07. The fraction of sp³-hybridized carbons (Fsp3) is 0.200. The number of halogens is 3. The zero-order chi connectivity index (χ0) is 11.6. The van der Waals surface area contributed by atoms with Gasteiger partial charge < -0.3 is 0 Å². The summed E-state index contributed by atoms with van der Waals surface area (Å²) in [7, 11) is 0. The molecule has 80 valence electrons.